The molecule has 0 N–H and O–H groups in total. The average molecular weight is 443 g/mol. The van der Waals surface area contributed by atoms with Gasteiger partial charge in [0.2, 0.25) is 5.82 Å². The number of aryl methyl sites for hydroxylation is 1. The summed E-state index contributed by atoms with van der Waals surface area (Å²) >= 11 is 6.89. The van der Waals surface area contributed by atoms with Crippen LogP contribution in [0.15, 0.2) is 35.5 Å². The van der Waals surface area contributed by atoms with Gasteiger partial charge in [0.25, 0.3) is 0 Å². The monoisotopic (exact) mass is 442 g/mol. The molecule has 0 bridgehead atoms. The van der Waals surface area contributed by atoms with E-state index in [1.54, 1.807) is 25.1 Å². The number of rotatable bonds is 5. The second-order valence-corrected chi connectivity index (χ2v) is 8.33. The zero-order valence-corrected chi connectivity index (χ0v) is 17.7. The van der Waals surface area contributed by atoms with Crippen LogP contribution in [0.25, 0.3) is 5.69 Å². The van der Waals surface area contributed by atoms with Gasteiger partial charge in [-0.05, 0) is 51.1 Å². The van der Waals surface area contributed by atoms with Gasteiger partial charge in [0, 0.05) is 34.7 Å². The van der Waals surface area contributed by atoms with E-state index in [9.17, 15) is 18.0 Å². The van der Waals surface area contributed by atoms with Crippen molar-refractivity contribution in [2.24, 2.45) is 7.05 Å². The Balaban J connectivity index is 1.87. The van der Waals surface area contributed by atoms with Crippen molar-refractivity contribution in [3.8, 4) is 5.69 Å². The summed E-state index contributed by atoms with van der Waals surface area (Å²) in [6, 6.07) is 9.02. The summed E-state index contributed by atoms with van der Waals surface area (Å²) in [6.45, 7) is 5.36. The highest BCUT2D eigenvalue weighted by molar-refractivity contribution is 8.00. The summed E-state index contributed by atoms with van der Waals surface area (Å²) in [7, 11) is 1.23. The van der Waals surface area contributed by atoms with Crippen molar-refractivity contribution < 1.29 is 18.0 Å². The van der Waals surface area contributed by atoms with Gasteiger partial charge >= 0.3 is 6.18 Å². The Morgan fingerprint density at radius 1 is 1.17 bits per heavy atom. The minimum absolute atomic E-state index is 0.0321. The van der Waals surface area contributed by atoms with Crippen LogP contribution >= 0.6 is 23.4 Å². The zero-order valence-electron chi connectivity index (χ0n) is 16.1. The molecule has 3 rings (SSSR count). The van der Waals surface area contributed by atoms with E-state index in [4.69, 9.17) is 11.6 Å². The van der Waals surface area contributed by atoms with Crippen LogP contribution in [0.2, 0.25) is 5.02 Å². The van der Waals surface area contributed by atoms with Crippen LogP contribution in [-0.4, -0.2) is 30.4 Å². The molecule has 0 aliphatic carbocycles. The first-order valence-corrected chi connectivity index (χ1v) is 9.88. The summed E-state index contributed by atoms with van der Waals surface area (Å²) in [5.74, 6) is -1.29. The van der Waals surface area contributed by atoms with Crippen molar-refractivity contribution in [2.75, 3.05) is 0 Å². The smallest absolute Gasteiger partial charge is 0.318 e. The quantitative estimate of drug-likeness (QED) is 0.399. The number of alkyl halides is 3. The fourth-order valence-corrected chi connectivity index (χ4v) is 4.10. The number of aromatic nitrogens is 4. The predicted molar refractivity (Wildman–Crippen MR) is 106 cm³/mol. The predicted octanol–water partition coefficient (Wildman–Crippen LogP) is 5.26. The largest absolute Gasteiger partial charge is 0.451 e. The fourth-order valence-electron chi connectivity index (χ4n) is 3.09. The number of carbonyl (C=O) groups is 1. The Kier molecular flexibility index (Phi) is 5.82. The lowest BCUT2D eigenvalue weighted by Gasteiger charge is -2.12. The number of ketones is 1. The van der Waals surface area contributed by atoms with Crippen LogP contribution in [0.4, 0.5) is 13.2 Å². The molecule has 0 saturated carbocycles. The maximum absolute atomic E-state index is 13.0. The van der Waals surface area contributed by atoms with Crippen molar-refractivity contribution in [3.63, 3.8) is 0 Å². The molecular formula is C19H18ClF3N4OS. The highest BCUT2D eigenvalue weighted by Gasteiger charge is 2.38. The fraction of sp³-hybridized carbons (Fsp3) is 0.316. The number of benzene rings is 1. The van der Waals surface area contributed by atoms with Crippen molar-refractivity contribution in [1.29, 1.82) is 0 Å². The van der Waals surface area contributed by atoms with Gasteiger partial charge in [0.05, 0.1) is 5.25 Å². The minimum atomic E-state index is -4.60. The van der Waals surface area contributed by atoms with E-state index in [1.807, 2.05) is 30.5 Å². The van der Waals surface area contributed by atoms with Crippen LogP contribution in [-0.2, 0) is 13.2 Å². The molecule has 1 aromatic carbocycles. The van der Waals surface area contributed by atoms with Gasteiger partial charge in [0.15, 0.2) is 10.9 Å². The first-order valence-electron chi connectivity index (χ1n) is 8.63. The standard InChI is InChI=1S/C19H18ClF3N4OS/c1-10-9-15(11(2)27(10)14-7-5-13(20)6-8-14)16(28)12(3)29-18-25-24-17(26(18)4)19(21,22)23/h5-9,12H,1-4H3/t12-/m0/s1. The van der Waals surface area contributed by atoms with Gasteiger partial charge in [-0.3, -0.25) is 4.79 Å². The molecule has 0 fully saturated rings. The molecule has 3 aromatic rings. The average Bonchev–Trinajstić information content (AvgIpc) is 3.15. The molecule has 2 aromatic heterocycles. The molecule has 0 aliphatic heterocycles. The maximum atomic E-state index is 13.0. The number of Topliss-reactive ketones (excluding diaryl/α,β-unsaturated/α-hetero) is 1. The Morgan fingerprint density at radius 3 is 2.34 bits per heavy atom. The second kappa shape index (κ2) is 7.87. The van der Waals surface area contributed by atoms with Crippen LogP contribution in [0.3, 0.4) is 0 Å². The molecule has 10 heteroatoms. The minimum Gasteiger partial charge on any atom is -0.318 e. The van der Waals surface area contributed by atoms with E-state index < -0.39 is 17.3 Å². The van der Waals surface area contributed by atoms with Crippen molar-refractivity contribution in [2.45, 2.75) is 37.4 Å². The van der Waals surface area contributed by atoms with E-state index in [0.29, 0.717) is 10.6 Å². The maximum Gasteiger partial charge on any atom is 0.451 e. The Labute approximate surface area is 174 Å². The lowest BCUT2D eigenvalue weighted by atomic mass is 10.1. The molecular weight excluding hydrogens is 425 g/mol. The van der Waals surface area contributed by atoms with Gasteiger partial charge < -0.3 is 9.13 Å². The zero-order chi connectivity index (χ0) is 21.5. The molecule has 29 heavy (non-hydrogen) atoms. The van der Waals surface area contributed by atoms with Crippen molar-refractivity contribution in [3.05, 3.63) is 58.1 Å². The molecule has 0 saturated heterocycles. The summed E-state index contributed by atoms with van der Waals surface area (Å²) in [5.41, 5.74) is 2.99. The van der Waals surface area contributed by atoms with Gasteiger partial charge in [-0.1, -0.05) is 23.4 Å². The first-order chi connectivity index (χ1) is 13.5. The molecule has 154 valence electrons. The van der Waals surface area contributed by atoms with E-state index in [0.717, 1.165) is 33.4 Å². The van der Waals surface area contributed by atoms with Crippen molar-refractivity contribution >= 4 is 29.1 Å². The summed E-state index contributed by atoms with van der Waals surface area (Å²) in [4.78, 5) is 13.0. The first kappa shape index (κ1) is 21.4. The SMILES string of the molecule is Cc1cc(C(=O)[C@H](C)Sc2nnc(C(F)(F)F)n2C)c(C)n1-c1ccc(Cl)cc1. The Bertz CT molecular complexity index is 1060. The molecule has 0 aliphatic rings. The molecule has 0 unspecified atom stereocenters. The molecule has 1 atom stereocenters. The highest BCUT2D eigenvalue weighted by atomic mass is 35.5. The van der Waals surface area contributed by atoms with E-state index in [-0.39, 0.29) is 10.9 Å². The number of hydrogen-bond donors (Lipinski definition) is 0. The van der Waals surface area contributed by atoms with Crippen LogP contribution in [0.5, 0.6) is 0 Å². The molecule has 0 amide bonds. The van der Waals surface area contributed by atoms with E-state index in [2.05, 4.69) is 10.2 Å². The van der Waals surface area contributed by atoms with E-state index in [1.165, 1.54) is 7.05 Å². The van der Waals surface area contributed by atoms with Gasteiger partial charge in [-0.2, -0.15) is 13.2 Å². The number of halogens is 4. The highest BCUT2D eigenvalue weighted by Crippen LogP contribution is 2.32. The summed E-state index contributed by atoms with van der Waals surface area (Å²) in [5, 5.41) is 6.78. The van der Waals surface area contributed by atoms with E-state index >= 15 is 0 Å². The second-order valence-electron chi connectivity index (χ2n) is 6.58. The number of hydrogen-bond acceptors (Lipinski definition) is 4. The lowest BCUT2D eigenvalue weighted by molar-refractivity contribution is -0.147. The van der Waals surface area contributed by atoms with Gasteiger partial charge in [-0.25, -0.2) is 0 Å². The Hall–Kier alpha value is -2.26. The van der Waals surface area contributed by atoms with Gasteiger partial charge in [-0.15, -0.1) is 10.2 Å². The molecule has 0 radical (unpaired) electrons. The van der Waals surface area contributed by atoms with Crippen LogP contribution in [0, 0.1) is 13.8 Å². The topological polar surface area (TPSA) is 52.7 Å². The number of carbonyl (C=O) groups excluding carboxylic acids is 1. The third-order valence-corrected chi connectivity index (χ3v) is 5.91. The molecule has 0 spiro atoms. The Morgan fingerprint density at radius 2 is 1.79 bits per heavy atom. The summed E-state index contributed by atoms with van der Waals surface area (Å²) < 4.78 is 41.5. The molecule has 2 heterocycles. The normalized spacial score (nSPS) is 13.0. The number of nitrogens with zero attached hydrogens (tertiary/aromatic N) is 4. The molecule has 5 nitrogen and oxygen atoms in total. The number of thioether (sulfide) groups is 1. The van der Waals surface area contributed by atoms with Crippen LogP contribution in [0.1, 0.15) is 34.5 Å². The van der Waals surface area contributed by atoms with Gasteiger partial charge in [0.1, 0.15) is 0 Å². The third-order valence-electron chi connectivity index (χ3n) is 4.52. The summed E-state index contributed by atoms with van der Waals surface area (Å²) in [6.07, 6.45) is -4.60. The van der Waals surface area contributed by atoms with Crippen molar-refractivity contribution in [1.82, 2.24) is 19.3 Å². The van der Waals surface area contributed by atoms with Crippen LogP contribution < -0.4 is 0 Å². The third kappa shape index (κ3) is 4.20. The lowest BCUT2D eigenvalue weighted by Crippen LogP contribution is -2.16.